The van der Waals surface area contributed by atoms with Crippen molar-refractivity contribution in [1.82, 2.24) is 9.73 Å². The molecule has 0 atom stereocenters. The van der Waals surface area contributed by atoms with E-state index in [1.165, 1.54) is 4.31 Å². The number of sulfonamides is 1. The number of benzene rings is 2. The highest BCUT2D eigenvalue weighted by Gasteiger charge is 2.20. The second-order valence-corrected chi connectivity index (χ2v) is 8.64. The van der Waals surface area contributed by atoms with Crippen molar-refractivity contribution >= 4 is 21.6 Å². The lowest BCUT2D eigenvalue weighted by atomic mass is 10.1. The molecule has 0 aliphatic rings. The summed E-state index contributed by atoms with van der Waals surface area (Å²) in [5.41, 5.74) is 5.75. The van der Waals surface area contributed by atoms with Crippen LogP contribution in [0.1, 0.15) is 48.2 Å². The largest absolute Gasteiger partial charge is 0.271 e. The van der Waals surface area contributed by atoms with Crippen LogP contribution >= 0.6 is 0 Å². The molecule has 6 nitrogen and oxygen atoms in total. The van der Waals surface area contributed by atoms with Gasteiger partial charge >= 0.3 is 0 Å². The minimum atomic E-state index is -3.57. The number of aryl methyl sites for hydroxylation is 1. The van der Waals surface area contributed by atoms with Crippen LogP contribution in [0.5, 0.6) is 0 Å². The molecule has 0 bridgehead atoms. The van der Waals surface area contributed by atoms with Crippen LogP contribution in [0, 0.1) is 6.92 Å². The third-order valence-corrected chi connectivity index (χ3v) is 6.30. The fourth-order valence-corrected chi connectivity index (χ4v) is 3.76. The van der Waals surface area contributed by atoms with Gasteiger partial charge in [0.05, 0.1) is 4.90 Å². The second-order valence-electron chi connectivity index (χ2n) is 6.60. The number of hydrogen-bond donors (Lipinski definition) is 1. The molecule has 2 aromatic carbocycles. The summed E-state index contributed by atoms with van der Waals surface area (Å²) in [6.45, 7) is 6.11. The number of amides is 1. The third kappa shape index (κ3) is 5.50. The van der Waals surface area contributed by atoms with E-state index in [0.29, 0.717) is 5.56 Å². The molecule has 150 valence electrons. The van der Waals surface area contributed by atoms with Gasteiger partial charge in [0.2, 0.25) is 10.0 Å². The van der Waals surface area contributed by atoms with Gasteiger partial charge < -0.3 is 0 Å². The van der Waals surface area contributed by atoms with E-state index in [1.807, 2.05) is 20.8 Å². The zero-order valence-electron chi connectivity index (χ0n) is 16.8. The molecule has 0 saturated heterocycles. The number of nitrogens with zero attached hydrogens (tertiary/aromatic N) is 2. The fourth-order valence-electron chi connectivity index (χ4n) is 2.60. The van der Waals surface area contributed by atoms with Crippen molar-refractivity contribution in [3.8, 4) is 0 Å². The van der Waals surface area contributed by atoms with E-state index in [4.69, 9.17) is 0 Å². The number of nitrogens with one attached hydrogen (secondary N) is 1. The van der Waals surface area contributed by atoms with Crippen LogP contribution in [0.3, 0.4) is 0 Å². The SMILES string of the molecule is CCC(CC)=NNC(=O)c1ccc(CN(C)S(=O)(=O)c2ccc(C)cc2)cc1. The Hall–Kier alpha value is -2.51. The van der Waals surface area contributed by atoms with Crippen LogP contribution in [-0.2, 0) is 16.6 Å². The van der Waals surface area contributed by atoms with Crippen molar-refractivity contribution < 1.29 is 13.2 Å². The Morgan fingerprint density at radius 3 is 2.11 bits per heavy atom. The quantitative estimate of drug-likeness (QED) is 0.541. The predicted octanol–water partition coefficient (Wildman–Crippen LogP) is 3.72. The van der Waals surface area contributed by atoms with Crippen molar-refractivity contribution in [2.45, 2.75) is 45.1 Å². The summed E-state index contributed by atoms with van der Waals surface area (Å²) in [5, 5.41) is 4.11. The Kier molecular flexibility index (Phi) is 7.48. The van der Waals surface area contributed by atoms with Crippen molar-refractivity contribution in [2.24, 2.45) is 5.10 Å². The molecule has 0 unspecified atom stereocenters. The highest BCUT2D eigenvalue weighted by Crippen LogP contribution is 2.17. The normalized spacial score (nSPS) is 11.3. The summed E-state index contributed by atoms with van der Waals surface area (Å²) in [4.78, 5) is 12.4. The molecule has 1 N–H and O–H groups in total. The summed E-state index contributed by atoms with van der Waals surface area (Å²) in [6.07, 6.45) is 1.58. The molecule has 2 aromatic rings. The first-order valence-corrected chi connectivity index (χ1v) is 10.7. The van der Waals surface area contributed by atoms with Crippen molar-refractivity contribution in [3.63, 3.8) is 0 Å². The first-order chi connectivity index (χ1) is 13.3. The van der Waals surface area contributed by atoms with E-state index in [9.17, 15) is 13.2 Å². The Morgan fingerprint density at radius 2 is 1.57 bits per heavy atom. The van der Waals surface area contributed by atoms with Crippen molar-refractivity contribution in [2.75, 3.05) is 7.05 Å². The van der Waals surface area contributed by atoms with Gasteiger partial charge in [0.1, 0.15) is 0 Å². The number of rotatable bonds is 8. The van der Waals surface area contributed by atoms with E-state index >= 15 is 0 Å². The van der Waals surface area contributed by atoms with E-state index in [2.05, 4.69) is 10.5 Å². The van der Waals surface area contributed by atoms with E-state index in [1.54, 1.807) is 55.6 Å². The van der Waals surface area contributed by atoms with E-state index in [0.717, 1.165) is 29.7 Å². The zero-order chi connectivity index (χ0) is 20.7. The van der Waals surface area contributed by atoms with Crippen LogP contribution in [-0.4, -0.2) is 31.4 Å². The molecule has 0 fully saturated rings. The maximum atomic E-state index is 12.7. The van der Waals surface area contributed by atoms with Gasteiger partial charge in [-0.15, -0.1) is 0 Å². The number of carbonyl (C=O) groups excluding carboxylic acids is 1. The highest BCUT2D eigenvalue weighted by molar-refractivity contribution is 7.89. The minimum absolute atomic E-state index is 0.214. The molecule has 0 aromatic heterocycles. The lowest BCUT2D eigenvalue weighted by molar-refractivity contribution is 0.0954. The molecule has 0 saturated carbocycles. The van der Waals surface area contributed by atoms with Crippen LogP contribution in [0.25, 0.3) is 0 Å². The summed E-state index contributed by atoms with van der Waals surface area (Å²) < 4.78 is 26.6. The van der Waals surface area contributed by atoms with E-state index in [-0.39, 0.29) is 17.3 Å². The van der Waals surface area contributed by atoms with Gasteiger partial charge in [-0.05, 0) is 49.6 Å². The molecule has 0 aliphatic heterocycles. The standard InChI is InChI=1S/C21H27N3O3S/c1-5-19(6-2)22-23-21(25)18-11-9-17(10-12-18)15-24(4)28(26,27)20-13-7-16(3)8-14-20/h7-14H,5-6,15H2,1-4H3,(H,23,25). The molecule has 0 radical (unpaired) electrons. The van der Waals surface area contributed by atoms with Crippen LogP contribution in [0.2, 0.25) is 0 Å². The van der Waals surface area contributed by atoms with Crippen molar-refractivity contribution in [3.05, 3.63) is 65.2 Å². The fraction of sp³-hybridized carbons (Fsp3) is 0.333. The maximum absolute atomic E-state index is 12.7. The molecule has 28 heavy (non-hydrogen) atoms. The minimum Gasteiger partial charge on any atom is -0.267 e. The van der Waals surface area contributed by atoms with Gasteiger partial charge in [0.25, 0.3) is 5.91 Å². The maximum Gasteiger partial charge on any atom is 0.271 e. The monoisotopic (exact) mass is 401 g/mol. The van der Waals surface area contributed by atoms with Gasteiger partial charge in [-0.1, -0.05) is 43.7 Å². The Morgan fingerprint density at radius 1 is 1.00 bits per heavy atom. The lowest BCUT2D eigenvalue weighted by Crippen LogP contribution is -2.26. The third-order valence-electron chi connectivity index (χ3n) is 4.48. The Bertz CT molecular complexity index is 928. The van der Waals surface area contributed by atoms with Crippen LogP contribution < -0.4 is 5.43 Å². The number of carbonyl (C=O) groups is 1. The lowest BCUT2D eigenvalue weighted by Gasteiger charge is -2.17. The van der Waals surface area contributed by atoms with Gasteiger partial charge in [-0.3, -0.25) is 4.79 Å². The summed E-state index contributed by atoms with van der Waals surface area (Å²) >= 11 is 0. The Balaban J connectivity index is 2.06. The predicted molar refractivity (Wildman–Crippen MR) is 112 cm³/mol. The Labute approximate surface area is 167 Å². The van der Waals surface area contributed by atoms with Crippen LogP contribution in [0.4, 0.5) is 0 Å². The molecule has 7 heteroatoms. The van der Waals surface area contributed by atoms with Gasteiger partial charge in [0, 0.05) is 24.9 Å². The number of hydrazone groups is 1. The summed E-state index contributed by atoms with van der Waals surface area (Å²) in [7, 11) is -2.02. The smallest absolute Gasteiger partial charge is 0.267 e. The van der Waals surface area contributed by atoms with Crippen molar-refractivity contribution in [1.29, 1.82) is 0 Å². The number of hydrogen-bond acceptors (Lipinski definition) is 4. The van der Waals surface area contributed by atoms with Crippen LogP contribution in [0.15, 0.2) is 58.5 Å². The molecule has 0 aliphatic carbocycles. The van der Waals surface area contributed by atoms with Gasteiger partial charge in [0.15, 0.2) is 0 Å². The first-order valence-electron chi connectivity index (χ1n) is 9.25. The molecule has 1 amide bonds. The topological polar surface area (TPSA) is 78.8 Å². The first kappa shape index (κ1) is 21.8. The second kappa shape index (κ2) is 9.61. The van der Waals surface area contributed by atoms with E-state index < -0.39 is 10.0 Å². The molecule has 0 spiro atoms. The summed E-state index contributed by atoms with van der Waals surface area (Å²) in [6, 6.07) is 13.6. The average Bonchev–Trinajstić information content (AvgIpc) is 2.69. The van der Waals surface area contributed by atoms with Gasteiger partial charge in [-0.25, -0.2) is 13.8 Å². The molecular formula is C21H27N3O3S. The molecule has 0 heterocycles. The summed E-state index contributed by atoms with van der Waals surface area (Å²) in [5.74, 6) is -0.286. The molecule has 2 rings (SSSR count). The zero-order valence-corrected chi connectivity index (χ0v) is 17.6. The molecular weight excluding hydrogens is 374 g/mol. The average molecular weight is 402 g/mol. The van der Waals surface area contributed by atoms with Gasteiger partial charge in [-0.2, -0.15) is 9.41 Å². The highest BCUT2D eigenvalue weighted by atomic mass is 32.2.